The molecule has 1 N–H and O–H groups in total. The summed E-state index contributed by atoms with van der Waals surface area (Å²) in [4.78, 5) is 12.8. The molecule has 1 heterocycles. The highest BCUT2D eigenvalue weighted by Gasteiger charge is 2.26. The Morgan fingerprint density at radius 3 is 2.35 bits per heavy atom. The summed E-state index contributed by atoms with van der Waals surface area (Å²) in [6.45, 7) is 0.310. The quantitative estimate of drug-likeness (QED) is 0.153. The van der Waals surface area contributed by atoms with Crippen LogP contribution in [0.3, 0.4) is 0 Å². The van der Waals surface area contributed by atoms with Crippen molar-refractivity contribution in [3.63, 3.8) is 0 Å². The molecule has 0 bridgehead atoms. The van der Waals surface area contributed by atoms with Gasteiger partial charge in [0.15, 0.2) is 11.5 Å². The monoisotopic (exact) mass is 619 g/mol. The number of rotatable bonds is 13. The zero-order valence-corrected chi connectivity index (χ0v) is 25.2. The van der Waals surface area contributed by atoms with Crippen LogP contribution in [-0.4, -0.2) is 39.4 Å². The number of benzene rings is 3. The molecule has 11 heteroatoms. The van der Waals surface area contributed by atoms with Gasteiger partial charge in [0.05, 0.1) is 25.7 Å². The van der Waals surface area contributed by atoms with Gasteiger partial charge in [0.25, 0.3) is 5.91 Å². The molecule has 9 nitrogen and oxygen atoms in total. The second-order valence-electron chi connectivity index (χ2n) is 9.38. The summed E-state index contributed by atoms with van der Waals surface area (Å²) in [6, 6.07) is 25.7. The molecule has 0 saturated carbocycles. The maximum atomic E-state index is 13.6. The predicted molar refractivity (Wildman–Crippen MR) is 163 cm³/mol. The summed E-state index contributed by atoms with van der Waals surface area (Å²) in [6.07, 6.45) is 1.83. The highest BCUT2D eigenvalue weighted by atomic mass is 35.5. The SMILES string of the molecule is COc1ccc(CCNC(=O)/C(C#N)=C\c2ccc(CN(Cc3ccccc3)S(=O)(=O)c3ccc(Cl)cc3)o2)cc1OC. The van der Waals surface area contributed by atoms with Crippen molar-refractivity contribution >= 4 is 33.6 Å². The van der Waals surface area contributed by atoms with Crippen molar-refractivity contribution in [3.8, 4) is 17.6 Å². The van der Waals surface area contributed by atoms with E-state index >= 15 is 0 Å². The number of hydrogen-bond donors (Lipinski definition) is 1. The minimum Gasteiger partial charge on any atom is -0.493 e. The van der Waals surface area contributed by atoms with E-state index in [2.05, 4.69) is 5.32 Å². The maximum Gasteiger partial charge on any atom is 0.262 e. The third-order valence-corrected chi connectivity index (χ3v) is 8.52. The van der Waals surface area contributed by atoms with E-state index in [1.807, 2.05) is 48.5 Å². The fourth-order valence-electron chi connectivity index (χ4n) is 4.24. The fourth-order valence-corrected chi connectivity index (χ4v) is 5.76. The van der Waals surface area contributed by atoms with Crippen molar-refractivity contribution in [2.45, 2.75) is 24.4 Å². The van der Waals surface area contributed by atoms with Crippen molar-refractivity contribution in [3.05, 3.63) is 118 Å². The van der Waals surface area contributed by atoms with Crippen LogP contribution in [0.2, 0.25) is 5.02 Å². The lowest BCUT2D eigenvalue weighted by atomic mass is 10.1. The average molecular weight is 620 g/mol. The Morgan fingerprint density at radius 2 is 1.67 bits per heavy atom. The van der Waals surface area contributed by atoms with Crippen LogP contribution in [0.4, 0.5) is 0 Å². The number of amides is 1. The molecule has 0 saturated heterocycles. The van der Waals surface area contributed by atoms with Gasteiger partial charge in [-0.1, -0.05) is 48.0 Å². The Kier molecular flexibility index (Phi) is 10.6. The normalized spacial score (nSPS) is 11.7. The van der Waals surface area contributed by atoms with Gasteiger partial charge in [-0.05, 0) is 66.1 Å². The van der Waals surface area contributed by atoms with E-state index in [1.165, 1.54) is 34.6 Å². The number of nitriles is 1. The van der Waals surface area contributed by atoms with Crippen molar-refractivity contribution in [2.24, 2.45) is 0 Å². The third-order valence-electron chi connectivity index (χ3n) is 6.47. The van der Waals surface area contributed by atoms with Gasteiger partial charge in [0.2, 0.25) is 10.0 Å². The Bertz CT molecular complexity index is 1730. The van der Waals surface area contributed by atoms with Crippen LogP contribution < -0.4 is 14.8 Å². The van der Waals surface area contributed by atoms with Crippen LogP contribution >= 0.6 is 11.6 Å². The van der Waals surface area contributed by atoms with Crippen molar-refractivity contribution in [2.75, 3.05) is 20.8 Å². The van der Waals surface area contributed by atoms with Crippen molar-refractivity contribution in [1.29, 1.82) is 5.26 Å². The molecule has 0 unspecified atom stereocenters. The predicted octanol–water partition coefficient (Wildman–Crippen LogP) is 5.61. The molecule has 1 amide bonds. The van der Waals surface area contributed by atoms with E-state index in [1.54, 1.807) is 32.4 Å². The van der Waals surface area contributed by atoms with Crippen LogP contribution in [0.15, 0.2) is 99.8 Å². The van der Waals surface area contributed by atoms with E-state index in [-0.39, 0.29) is 35.9 Å². The van der Waals surface area contributed by atoms with E-state index < -0.39 is 15.9 Å². The molecule has 0 atom stereocenters. The fraction of sp³-hybridized carbons (Fsp3) is 0.188. The first kappa shape index (κ1) is 31.4. The van der Waals surface area contributed by atoms with Gasteiger partial charge < -0.3 is 19.2 Å². The standard InChI is InChI=1S/C32H30ClN3O6S/c1-40-30-15-8-23(18-31(30)41-2)16-17-35-32(37)25(20-34)19-27-11-12-28(42-27)22-36(21-24-6-4-3-5-7-24)43(38,39)29-13-9-26(33)10-14-29/h3-15,18-19H,16-17,21-22H2,1-2H3,(H,35,37)/b25-19-. The average Bonchev–Trinajstić information content (AvgIpc) is 3.46. The van der Waals surface area contributed by atoms with E-state index in [0.717, 1.165) is 11.1 Å². The maximum absolute atomic E-state index is 13.6. The lowest BCUT2D eigenvalue weighted by Gasteiger charge is -2.21. The lowest BCUT2D eigenvalue weighted by Crippen LogP contribution is -2.30. The van der Waals surface area contributed by atoms with Gasteiger partial charge in [0.1, 0.15) is 23.2 Å². The summed E-state index contributed by atoms with van der Waals surface area (Å²) < 4.78 is 44.8. The number of nitrogens with zero attached hydrogens (tertiary/aromatic N) is 2. The number of nitrogens with one attached hydrogen (secondary N) is 1. The second-order valence-corrected chi connectivity index (χ2v) is 11.8. The van der Waals surface area contributed by atoms with Crippen LogP contribution in [0.25, 0.3) is 6.08 Å². The topological polar surface area (TPSA) is 122 Å². The van der Waals surface area contributed by atoms with Gasteiger partial charge in [0, 0.05) is 24.2 Å². The van der Waals surface area contributed by atoms with Crippen LogP contribution in [0.1, 0.15) is 22.6 Å². The molecule has 0 aliphatic heterocycles. The van der Waals surface area contributed by atoms with Gasteiger partial charge >= 0.3 is 0 Å². The molecule has 0 aliphatic carbocycles. The zero-order valence-electron chi connectivity index (χ0n) is 23.6. The first-order chi connectivity index (χ1) is 20.7. The third kappa shape index (κ3) is 8.26. The Labute approximate surface area is 256 Å². The minimum absolute atomic E-state index is 0.0763. The molecular weight excluding hydrogens is 590 g/mol. The molecular formula is C32H30ClN3O6S. The molecule has 4 aromatic rings. The van der Waals surface area contributed by atoms with Crippen LogP contribution in [-0.2, 0) is 34.3 Å². The Balaban J connectivity index is 1.46. The smallest absolute Gasteiger partial charge is 0.262 e. The number of methoxy groups -OCH3 is 2. The number of halogens is 1. The molecule has 0 spiro atoms. The molecule has 43 heavy (non-hydrogen) atoms. The highest BCUT2D eigenvalue weighted by Crippen LogP contribution is 2.28. The summed E-state index contributed by atoms with van der Waals surface area (Å²) >= 11 is 5.97. The first-order valence-corrected chi connectivity index (χ1v) is 15.0. The molecule has 1 aromatic heterocycles. The number of furan rings is 1. The number of sulfonamides is 1. The second kappa shape index (κ2) is 14.6. The van der Waals surface area contributed by atoms with Gasteiger partial charge in [-0.15, -0.1) is 0 Å². The van der Waals surface area contributed by atoms with Gasteiger partial charge in [-0.3, -0.25) is 4.79 Å². The van der Waals surface area contributed by atoms with Crippen molar-refractivity contribution < 1.29 is 27.1 Å². The van der Waals surface area contributed by atoms with E-state index in [0.29, 0.717) is 28.7 Å². The number of hydrogen-bond acceptors (Lipinski definition) is 7. The molecule has 222 valence electrons. The largest absolute Gasteiger partial charge is 0.493 e. The van der Waals surface area contributed by atoms with Gasteiger partial charge in [-0.25, -0.2) is 8.42 Å². The first-order valence-electron chi connectivity index (χ1n) is 13.2. The summed E-state index contributed by atoms with van der Waals surface area (Å²) in [5.74, 6) is 1.21. The molecule has 0 radical (unpaired) electrons. The number of carbonyl (C=O) groups is 1. The van der Waals surface area contributed by atoms with Crippen LogP contribution in [0.5, 0.6) is 11.5 Å². The molecule has 4 rings (SSSR count). The van der Waals surface area contributed by atoms with Crippen LogP contribution in [0, 0.1) is 11.3 Å². The molecule has 0 fully saturated rings. The van der Waals surface area contributed by atoms with E-state index in [9.17, 15) is 18.5 Å². The number of carbonyl (C=O) groups excluding carboxylic acids is 1. The molecule has 3 aromatic carbocycles. The summed E-state index contributed by atoms with van der Waals surface area (Å²) in [5.41, 5.74) is 1.57. The highest BCUT2D eigenvalue weighted by molar-refractivity contribution is 7.89. The van der Waals surface area contributed by atoms with Gasteiger partial charge in [-0.2, -0.15) is 9.57 Å². The number of ether oxygens (including phenoxy) is 2. The van der Waals surface area contributed by atoms with Crippen molar-refractivity contribution in [1.82, 2.24) is 9.62 Å². The zero-order chi connectivity index (χ0) is 30.8. The summed E-state index contributed by atoms with van der Waals surface area (Å²) in [5, 5.41) is 12.8. The Morgan fingerprint density at radius 1 is 0.953 bits per heavy atom. The molecule has 0 aliphatic rings. The summed E-state index contributed by atoms with van der Waals surface area (Å²) in [7, 11) is -0.816. The Hall–Kier alpha value is -4.56. The minimum atomic E-state index is -3.92. The van der Waals surface area contributed by atoms with E-state index in [4.69, 9.17) is 25.5 Å². The lowest BCUT2D eigenvalue weighted by molar-refractivity contribution is -0.117.